The van der Waals surface area contributed by atoms with Crippen molar-refractivity contribution < 1.29 is 4.74 Å². The van der Waals surface area contributed by atoms with Gasteiger partial charge in [0.05, 0.1) is 23.8 Å². The van der Waals surface area contributed by atoms with Crippen LogP contribution in [-0.4, -0.2) is 26.7 Å². The minimum atomic E-state index is 0.638. The number of fused-ring (bicyclic) bond motifs is 3. The van der Waals surface area contributed by atoms with Gasteiger partial charge in [-0.15, -0.1) is 10.2 Å². The van der Waals surface area contributed by atoms with Crippen LogP contribution in [0.3, 0.4) is 0 Å². The van der Waals surface area contributed by atoms with E-state index in [2.05, 4.69) is 26.1 Å². The van der Waals surface area contributed by atoms with Crippen LogP contribution >= 0.6 is 27.5 Å². The summed E-state index contributed by atoms with van der Waals surface area (Å²) in [6.07, 6.45) is 1.69. The van der Waals surface area contributed by atoms with E-state index in [9.17, 15) is 0 Å². The maximum Gasteiger partial charge on any atom is 0.182 e. The average Bonchev–Trinajstić information content (AvgIpc) is 3.06. The molecule has 24 heavy (non-hydrogen) atoms. The lowest BCUT2D eigenvalue weighted by molar-refractivity contribution is 0.415. The van der Waals surface area contributed by atoms with Crippen molar-refractivity contribution in [2.75, 3.05) is 7.11 Å². The van der Waals surface area contributed by atoms with E-state index in [1.54, 1.807) is 13.4 Å². The second-order valence-electron chi connectivity index (χ2n) is 5.39. The van der Waals surface area contributed by atoms with Crippen molar-refractivity contribution in [1.29, 1.82) is 0 Å². The normalized spacial score (nSPS) is 11.3. The molecule has 0 aliphatic heterocycles. The summed E-state index contributed by atoms with van der Waals surface area (Å²) in [4.78, 5) is 4.75. The molecule has 0 saturated heterocycles. The lowest BCUT2D eigenvalue weighted by atomic mass is 10.0. The minimum absolute atomic E-state index is 0.638. The van der Waals surface area contributed by atoms with E-state index in [1.165, 1.54) is 0 Å². The van der Waals surface area contributed by atoms with E-state index in [0.29, 0.717) is 5.02 Å². The summed E-state index contributed by atoms with van der Waals surface area (Å²) in [6, 6.07) is 9.58. The van der Waals surface area contributed by atoms with Gasteiger partial charge in [-0.05, 0) is 37.3 Å². The summed E-state index contributed by atoms with van der Waals surface area (Å²) in [5.41, 5.74) is 5.07. The number of ether oxygens (including phenoxy) is 1. The zero-order chi connectivity index (χ0) is 16.8. The molecule has 7 heteroatoms. The molecule has 2 heterocycles. The molecule has 2 aromatic heterocycles. The molecule has 4 rings (SSSR count). The molecule has 5 nitrogen and oxygen atoms in total. The highest BCUT2D eigenvalue weighted by Crippen LogP contribution is 2.37. The highest BCUT2D eigenvalue weighted by atomic mass is 79.9. The largest absolute Gasteiger partial charge is 0.497 e. The molecule has 4 aromatic rings. The van der Waals surface area contributed by atoms with E-state index >= 15 is 0 Å². The highest BCUT2D eigenvalue weighted by Gasteiger charge is 2.15. The Morgan fingerprint density at radius 1 is 1.17 bits per heavy atom. The standard InChI is InChI=1S/C17H12BrClN4O/c1-9-17-22-20-8-23(17)15-6-10(18)5-13(16(15)21-9)12-7-11(24-2)3-4-14(12)19/h3-8H,1-2H3. The van der Waals surface area contributed by atoms with Crippen molar-refractivity contribution in [3.05, 3.63) is 51.8 Å². The van der Waals surface area contributed by atoms with E-state index in [4.69, 9.17) is 21.3 Å². The van der Waals surface area contributed by atoms with Crippen LogP contribution in [-0.2, 0) is 0 Å². The fourth-order valence-electron chi connectivity index (χ4n) is 2.80. The van der Waals surface area contributed by atoms with Crippen LogP contribution in [0.4, 0.5) is 0 Å². The number of benzene rings is 2. The molecule has 120 valence electrons. The molecule has 0 fully saturated rings. The lowest BCUT2D eigenvalue weighted by Crippen LogP contribution is -1.97. The third kappa shape index (κ3) is 2.34. The molecule has 0 saturated carbocycles. The SMILES string of the molecule is COc1ccc(Cl)c(-c2cc(Br)cc3c2nc(C)c2nncn23)c1. The molecule has 0 unspecified atom stereocenters. The van der Waals surface area contributed by atoms with Crippen LogP contribution in [0, 0.1) is 6.92 Å². The Balaban J connectivity index is 2.14. The van der Waals surface area contributed by atoms with Gasteiger partial charge in [0.2, 0.25) is 0 Å². The van der Waals surface area contributed by atoms with Crippen LogP contribution in [0.1, 0.15) is 5.69 Å². The highest BCUT2D eigenvalue weighted by molar-refractivity contribution is 9.10. The van der Waals surface area contributed by atoms with E-state index in [-0.39, 0.29) is 0 Å². The van der Waals surface area contributed by atoms with Gasteiger partial charge in [0.25, 0.3) is 0 Å². The van der Waals surface area contributed by atoms with Gasteiger partial charge in [-0.3, -0.25) is 4.40 Å². The number of methoxy groups -OCH3 is 1. The molecular weight excluding hydrogens is 392 g/mol. The first-order valence-electron chi connectivity index (χ1n) is 7.22. The first-order valence-corrected chi connectivity index (χ1v) is 8.39. The number of hydrogen-bond donors (Lipinski definition) is 0. The molecule has 0 aliphatic carbocycles. The van der Waals surface area contributed by atoms with Gasteiger partial charge in [0.1, 0.15) is 12.1 Å². The van der Waals surface area contributed by atoms with Gasteiger partial charge in [-0.25, -0.2) is 4.98 Å². The monoisotopic (exact) mass is 402 g/mol. The number of rotatable bonds is 2. The molecule has 0 N–H and O–H groups in total. The third-order valence-electron chi connectivity index (χ3n) is 3.93. The predicted octanol–water partition coefficient (Wildman–Crippen LogP) is 4.68. The predicted molar refractivity (Wildman–Crippen MR) is 97.7 cm³/mol. The molecular formula is C17H12BrClN4O. The molecule has 0 radical (unpaired) electrons. The Morgan fingerprint density at radius 3 is 2.79 bits per heavy atom. The van der Waals surface area contributed by atoms with E-state index in [0.717, 1.165) is 43.7 Å². The molecule has 0 bridgehead atoms. The molecule has 0 amide bonds. The van der Waals surface area contributed by atoms with Crippen LogP contribution in [0.2, 0.25) is 5.02 Å². The zero-order valence-corrected chi connectivity index (χ0v) is 15.3. The van der Waals surface area contributed by atoms with Gasteiger partial charge in [-0.2, -0.15) is 0 Å². The number of nitrogens with zero attached hydrogens (tertiary/aromatic N) is 4. The zero-order valence-electron chi connectivity index (χ0n) is 12.9. The number of halogens is 2. The van der Waals surface area contributed by atoms with Crippen molar-refractivity contribution in [2.24, 2.45) is 0 Å². The van der Waals surface area contributed by atoms with Gasteiger partial charge >= 0.3 is 0 Å². The molecule has 0 spiro atoms. The van der Waals surface area contributed by atoms with Gasteiger partial charge < -0.3 is 4.74 Å². The Morgan fingerprint density at radius 2 is 2.00 bits per heavy atom. The summed E-state index contributed by atoms with van der Waals surface area (Å²) in [5, 5.41) is 8.77. The van der Waals surface area contributed by atoms with Crippen molar-refractivity contribution in [3.8, 4) is 16.9 Å². The second kappa shape index (κ2) is 5.72. The summed E-state index contributed by atoms with van der Waals surface area (Å²) < 4.78 is 8.19. The van der Waals surface area contributed by atoms with Crippen LogP contribution in [0.25, 0.3) is 27.8 Å². The maximum atomic E-state index is 6.45. The van der Waals surface area contributed by atoms with E-state index in [1.807, 2.05) is 41.7 Å². The van der Waals surface area contributed by atoms with Crippen LogP contribution in [0.15, 0.2) is 41.1 Å². The molecule has 2 aromatic carbocycles. The van der Waals surface area contributed by atoms with E-state index < -0.39 is 0 Å². The summed E-state index contributed by atoms with van der Waals surface area (Å²) in [6.45, 7) is 1.92. The van der Waals surface area contributed by atoms with Gasteiger partial charge in [0.15, 0.2) is 5.65 Å². The Labute approximate surface area is 151 Å². The Hall–Kier alpha value is -2.18. The van der Waals surface area contributed by atoms with Crippen LogP contribution < -0.4 is 4.74 Å². The van der Waals surface area contributed by atoms with Crippen molar-refractivity contribution >= 4 is 44.2 Å². The fraction of sp³-hybridized carbons (Fsp3) is 0.118. The van der Waals surface area contributed by atoms with Gasteiger partial charge in [-0.1, -0.05) is 27.5 Å². The van der Waals surface area contributed by atoms with Crippen LogP contribution in [0.5, 0.6) is 5.75 Å². The summed E-state index contributed by atoms with van der Waals surface area (Å²) >= 11 is 10.0. The quantitative estimate of drug-likeness (QED) is 0.488. The van der Waals surface area contributed by atoms with Crippen molar-refractivity contribution in [3.63, 3.8) is 0 Å². The second-order valence-corrected chi connectivity index (χ2v) is 6.71. The van der Waals surface area contributed by atoms with Crippen molar-refractivity contribution in [1.82, 2.24) is 19.6 Å². The lowest BCUT2D eigenvalue weighted by Gasteiger charge is -2.12. The topological polar surface area (TPSA) is 52.3 Å². The van der Waals surface area contributed by atoms with Gasteiger partial charge in [0, 0.05) is 20.6 Å². The third-order valence-corrected chi connectivity index (χ3v) is 4.72. The number of hydrogen-bond acceptors (Lipinski definition) is 4. The minimum Gasteiger partial charge on any atom is -0.497 e. The average molecular weight is 404 g/mol. The van der Waals surface area contributed by atoms with Crippen molar-refractivity contribution in [2.45, 2.75) is 6.92 Å². The summed E-state index contributed by atoms with van der Waals surface area (Å²) in [5.74, 6) is 0.740. The molecule has 0 atom stereocenters. The fourth-order valence-corrected chi connectivity index (χ4v) is 3.47. The smallest absolute Gasteiger partial charge is 0.182 e. The first kappa shape index (κ1) is 15.4. The Kier molecular flexibility index (Phi) is 3.66. The molecule has 0 aliphatic rings. The Bertz CT molecular complexity index is 1090. The number of aromatic nitrogens is 4. The maximum absolute atomic E-state index is 6.45. The first-order chi connectivity index (χ1) is 11.6. The summed E-state index contributed by atoms with van der Waals surface area (Å²) in [7, 11) is 1.63. The number of aryl methyl sites for hydroxylation is 1.